The number of nitrogen functional groups attached to an aromatic ring is 1. The van der Waals surface area contributed by atoms with E-state index in [1.807, 2.05) is 20.8 Å². The Kier molecular flexibility index (Phi) is 3.54. The van der Waals surface area contributed by atoms with Crippen LogP contribution >= 0.6 is 0 Å². The number of rotatable bonds is 3. The Labute approximate surface area is 96.1 Å². The third-order valence-corrected chi connectivity index (χ3v) is 3.34. The molecule has 5 nitrogen and oxygen atoms in total. The van der Waals surface area contributed by atoms with Crippen LogP contribution < -0.4 is 10.5 Å². The highest BCUT2D eigenvalue weighted by Gasteiger charge is 2.20. The lowest BCUT2D eigenvalue weighted by Crippen LogP contribution is -2.32. The van der Waals surface area contributed by atoms with Crippen molar-refractivity contribution in [2.75, 3.05) is 12.3 Å². The number of hydrogen-bond donors (Lipinski definition) is 2. The predicted molar refractivity (Wildman–Crippen MR) is 63.3 cm³/mol. The second-order valence-corrected chi connectivity index (χ2v) is 6.53. The summed E-state index contributed by atoms with van der Waals surface area (Å²) in [7, 11) is -3.56. The monoisotopic (exact) mass is 243 g/mol. The van der Waals surface area contributed by atoms with Crippen LogP contribution in [0.3, 0.4) is 0 Å². The van der Waals surface area contributed by atoms with E-state index in [4.69, 9.17) is 5.73 Å². The van der Waals surface area contributed by atoms with Gasteiger partial charge in [-0.05, 0) is 11.5 Å². The van der Waals surface area contributed by atoms with Crippen LogP contribution in [0.5, 0.6) is 0 Å². The highest BCUT2D eigenvalue weighted by atomic mass is 32.2. The van der Waals surface area contributed by atoms with Crippen LogP contribution in [0.25, 0.3) is 0 Å². The van der Waals surface area contributed by atoms with E-state index < -0.39 is 10.0 Å². The van der Waals surface area contributed by atoms with Gasteiger partial charge in [-0.15, -0.1) is 0 Å². The molecule has 0 amide bonds. The molecule has 1 aromatic rings. The van der Waals surface area contributed by atoms with Crippen LogP contribution in [0.2, 0.25) is 0 Å². The van der Waals surface area contributed by atoms with Gasteiger partial charge in [-0.1, -0.05) is 20.8 Å². The molecule has 0 aromatic carbocycles. The van der Waals surface area contributed by atoms with E-state index in [0.717, 1.165) is 0 Å². The number of hydrogen-bond acceptors (Lipinski definition) is 4. The second kappa shape index (κ2) is 4.39. The fourth-order valence-electron chi connectivity index (χ4n) is 1.00. The van der Waals surface area contributed by atoms with E-state index in [1.165, 1.54) is 18.5 Å². The summed E-state index contributed by atoms with van der Waals surface area (Å²) in [5.41, 5.74) is 5.67. The summed E-state index contributed by atoms with van der Waals surface area (Å²) in [4.78, 5) is 3.78. The van der Waals surface area contributed by atoms with Crippen LogP contribution in [-0.2, 0) is 10.0 Å². The van der Waals surface area contributed by atoms with Gasteiger partial charge in [-0.3, -0.25) is 4.98 Å². The van der Waals surface area contributed by atoms with Crippen LogP contribution in [0.1, 0.15) is 20.8 Å². The number of anilines is 1. The lowest BCUT2D eigenvalue weighted by molar-refractivity contribution is 0.407. The van der Waals surface area contributed by atoms with Crippen molar-refractivity contribution in [2.45, 2.75) is 25.7 Å². The van der Waals surface area contributed by atoms with Crippen molar-refractivity contribution in [1.29, 1.82) is 0 Å². The van der Waals surface area contributed by atoms with Gasteiger partial charge in [0.05, 0.1) is 5.69 Å². The maximum absolute atomic E-state index is 11.9. The topological polar surface area (TPSA) is 85.1 Å². The van der Waals surface area contributed by atoms with Gasteiger partial charge in [-0.2, -0.15) is 0 Å². The van der Waals surface area contributed by atoms with Crippen LogP contribution in [-0.4, -0.2) is 19.9 Å². The van der Waals surface area contributed by atoms with Crippen molar-refractivity contribution in [1.82, 2.24) is 9.71 Å². The molecule has 1 heterocycles. The summed E-state index contributed by atoms with van der Waals surface area (Å²) in [5.74, 6) is 0. The average molecular weight is 243 g/mol. The van der Waals surface area contributed by atoms with E-state index in [0.29, 0.717) is 6.54 Å². The standard InChI is InChI=1S/C10H17N3O2S/c1-10(2,3)7-13-16(14,15)9-6-12-5-4-8(9)11/h4-6,13H,7H2,1-3H3,(H2,11,12). The Morgan fingerprint density at radius 2 is 2.06 bits per heavy atom. The summed E-state index contributed by atoms with van der Waals surface area (Å²) in [5, 5.41) is 0. The molecule has 3 N–H and O–H groups in total. The quantitative estimate of drug-likeness (QED) is 0.829. The molecule has 6 heteroatoms. The van der Waals surface area contributed by atoms with Crippen LogP contribution in [0.4, 0.5) is 5.69 Å². The smallest absolute Gasteiger partial charge is 0.244 e. The van der Waals surface area contributed by atoms with Gasteiger partial charge in [0.25, 0.3) is 0 Å². The maximum atomic E-state index is 11.9. The van der Waals surface area contributed by atoms with E-state index in [1.54, 1.807) is 0 Å². The molecule has 0 unspecified atom stereocenters. The van der Waals surface area contributed by atoms with Gasteiger partial charge in [0.1, 0.15) is 4.90 Å². The lowest BCUT2D eigenvalue weighted by Gasteiger charge is -2.19. The van der Waals surface area contributed by atoms with Gasteiger partial charge in [0, 0.05) is 18.9 Å². The third-order valence-electron chi connectivity index (χ3n) is 1.90. The molecule has 90 valence electrons. The third kappa shape index (κ3) is 3.46. The Hall–Kier alpha value is -1.14. The largest absolute Gasteiger partial charge is 0.398 e. The zero-order valence-electron chi connectivity index (χ0n) is 9.69. The van der Waals surface area contributed by atoms with Crippen molar-refractivity contribution >= 4 is 15.7 Å². The number of sulfonamides is 1. The summed E-state index contributed by atoms with van der Waals surface area (Å²) >= 11 is 0. The van der Waals surface area contributed by atoms with Crippen molar-refractivity contribution in [2.24, 2.45) is 5.41 Å². The van der Waals surface area contributed by atoms with Crippen molar-refractivity contribution in [3.8, 4) is 0 Å². The number of nitrogens with two attached hydrogens (primary N) is 1. The first-order valence-corrected chi connectivity index (χ1v) is 6.40. The van der Waals surface area contributed by atoms with Gasteiger partial charge in [0.15, 0.2) is 0 Å². The maximum Gasteiger partial charge on any atom is 0.244 e. The fourth-order valence-corrected chi connectivity index (χ4v) is 2.36. The van der Waals surface area contributed by atoms with Crippen molar-refractivity contribution in [3.63, 3.8) is 0 Å². The molecule has 0 radical (unpaired) electrons. The molecule has 0 saturated heterocycles. The van der Waals surface area contributed by atoms with E-state index in [-0.39, 0.29) is 16.0 Å². The van der Waals surface area contributed by atoms with Crippen LogP contribution in [0.15, 0.2) is 23.4 Å². The molecule has 1 rings (SSSR count). The van der Waals surface area contributed by atoms with Gasteiger partial charge < -0.3 is 5.73 Å². The number of pyridine rings is 1. The highest BCUT2D eigenvalue weighted by molar-refractivity contribution is 7.89. The van der Waals surface area contributed by atoms with Gasteiger partial charge >= 0.3 is 0 Å². The first-order chi connectivity index (χ1) is 7.22. The van der Waals surface area contributed by atoms with Gasteiger partial charge in [-0.25, -0.2) is 13.1 Å². The molecule has 0 saturated carbocycles. The van der Waals surface area contributed by atoms with E-state index in [9.17, 15) is 8.42 Å². The Bertz CT molecular complexity index is 463. The zero-order chi connectivity index (χ0) is 12.4. The number of nitrogens with one attached hydrogen (secondary N) is 1. The first kappa shape index (κ1) is 12.9. The normalized spacial score (nSPS) is 12.7. The molecule has 1 aromatic heterocycles. The number of nitrogens with zero attached hydrogens (tertiary/aromatic N) is 1. The Morgan fingerprint density at radius 3 is 2.56 bits per heavy atom. The number of aromatic nitrogens is 1. The minimum atomic E-state index is -3.56. The summed E-state index contributed by atoms with van der Waals surface area (Å²) < 4.78 is 26.2. The molecule has 0 bridgehead atoms. The lowest BCUT2D eigenvalue weighted by atomic mass is 9.98. The van der Waals surface area contributed by atoms with Gasteiger partial charge in [0.2, 0.25) is 10.0 Å². The van der Waals surface area contributed by atoms with Crippen LogP contribution in [0, 0.1) is 5.41 Å². The zero-order valence-corrected chi connectivity index (χ0v) is 10.5. The average Bonchev–Trinajstić information content (AvgIpc) is 2.14. The molecule has 0 spiro atoms. The Balaban J connectivity index is 2.92. The van der Waals surface area contributed by atoms with E-state index in [2.05, 4.69) is 9.71 Å². The van der Waals surface area contributed by atoms with Crippen molar-refractivity contribution in [3.05, 3.63) is 18.5 Å². The molecule has 0 aliphatic carbocycles. The minimum absolute atomic E-state index is 0.0271. The minimum Gasteiger partial charge on any atom is -0.398 e. The molecule has 0 aliphatic heterocycles. The first-order valence-electron chi connectivity index (χ1n) is 4.91. The van der Waals surface area contributed by atoms with E-state index >= 15 is 0 Å². The Morgan fingerprint density at radius 1 is 1.44 bits per heavy atom. The second-order valence-electron chi connectivity index (χ2n) is 4.80. The molecule has 0 aliphatic rings. The summed E-state index contributed by atoms with van der Waals surface area (Å²) in [6.07, 6.45) is 2.71. The summed E-state index contributed by atoms with van der Waals surface area (Å²) in [6.45, 7) is 6.19. The molecular weight excluding hydrogens is 226 g/mol. The van der Waals surface area contributed by atoms with Crippen molar-refractivity contribution < 1.29 is 8.42 Å². The molecular formula is C10H17N3O2S. The molecule has 0 fully saturated rings. The SMILES string of the molecule is CC(C)(C)CNS(=O)(=O)c1cnccc1N. The molecule has 16 heavy (non-hydrogen) atoms. The fraction of sp³-hybridized carbons (Fsp3) is 0.500. The predicted octanol–water partition coefficient (Wildman–Crippen LogP) is 0.988. The summed E-state index contributed by atoms with van der Waals surface area (Å²) in [6, 6.07) is 1.46. The molecule has 0 atom stereocenters. The highest BCUT2D eigenvalue weighted by Crippen LogP contribution is 2.17.